The van der Waals surface area contributed by atoms with Crippen LogP contribution in [0.4, 0.5) is 11.4 Å². The molecule has 2 N–H and O–H groups in total. The normalized spacial score (nSPS) is 16.8. The molecule has 98 valence electrons. The van der Waals surface area contributed by atoms with Crippen LogP contribution >= 0.6 is 15.9 Å². The van der Waals surface area contributed by atoms with Gasteiger partial charge in [-0.15, -0.1) is 0 Å². The predicted octanol–water partition coefficient (Wildman–Crippen LogP) is 1.97. The number of nitrogens with two attached hydrogens (primary N) is 1. The molecule has 0 saturated heterocycles. The third-order valence-electron chi connectivity index (χ3n) is 3.40. The van der Waals surface area contributed by atoms with Crippen LogP contribution in [0.5, 0.6) is 0 Å². The first-order valence-electron chi connectivity index (χ1n) is 6.07. The lowest BCUT2D eigenvalue weighted by atomic mass is 10.1. The Morgan fingerprint density at radius 1 is 1.44 bits per heavy atom. The van der Waals surface area contributed by atoms with Gasteiger partial charge in [-0.3, -0.25) is 4.79 Å². The molecule has 1 amide bonds. The molecule has 18 heavy (non-hydrogen) atoms. The van der Waals surface area contributed by atoms with E-state index in [4.69, 9.17) is 5.73 Å². The molecule has 1 atom stereocenters. The van der Waals surface area contributed by atoms with Gasteiger partial charge in [0, 0.05) is 17.6 Å². The zero-order valence-electron chi connectivity index (χ0n) is 10.7. The maximum absolute atomic E-state index is 12.0. The molecule has 2 rings (SSSR count). The van der Waals surface area contributed by atoms with Crippen LogP contribution in [0.1, 0.15) is 13.3 Å². The lowest BCUT2D eigenvalue weighted by molar-refractivity contribution is -0.117. The van der Waals surface area contributed by atoms with Gasteiger partial charge in [-0.05, 0) is 38.1 Å². The maximum atomic E-state index is 12.0. The van der Waals surface area contributed by atoms with E-state index in [-0.39, 0.29) is 11.9 Å². The highest BCUT2D eigenvalue weighted by molar-refractivity contribution is 9.10. The Morgan fingerprint density at radius 2 is 2.17 bits per heavy atom. The smallest absolute Gasteiger partial charge is 0.246 e. The summed E-state index contributed by atoms with van der Waals surface area (Å²) in [5.41, 5.74) is 7.66. The van der Waals surface area contributed by atoms with Crippen LogP contribution in [0.2, 0.25) is 0 Å². The number of carbonyl (C=O) groups excluding carboxylic acids is 1. The molecule has 0 radical (unpaired) electrons. The van der Waals surface area contributed by atoms with E-state index in [1.54, 1.807) is 4.90 Å². The SMILES string of the molecule is CC(CCN)N1CC(=O)N(C)c2ccc(Br)cc21. The van der Waals surface area contributed by atoms with Crippen molar-refractivity contribution in [2.75, 3.05) is 29.9 Å². The molecule has 1 aliphatic heterocycles. The second kappa shape index (κ2) is 5.28. The van der Waals surface area contributed by atoms with E-state index < -0.39 is 0 Å². The number of benzene rings is 1. The summed E-state index contributed by atoms with van der Waals surface area (Å²) in [4.78, 5) is 15.9. The average Bonchev–Trinajstić information content (AvgIpc) is 2.34. The fraction of sp³-hybridized carbons (Fsp3) is 0.462. The number of halogens is 1. The number of nitrogens with zero attached hydrogens (tertiary/aromatic N) is 2. The largest absolute Gasteiger partial charge is 0.358 e. The molecule has 0 bridgehead atoms. The molecule has 0 aromatic heterocycles. The first-order valence-corrected chi connectivity index (χ1v) is 6.86. The topological polar surface area (TPSA) is 49.6 Å². The molecule has 0 saturated carbocycles. The zero-order valence-corrected chi connectivity index (χ0v) is 12.3. The summed E-state index contributed by atoms with van der Waals surface area (Å²) in [7, 11) is 1.82. The molecule has 1 heterocycles. The van der Waals surface area contributed by atoms with Gasteiger partial charge in [-0.1, -0.05) is 15.9 Å². The fourth-order valence-electron chi connectivity index (χ4n) is 2.27. The van der Waals surface area contributed by atoms with Crippen molar-refractivity contribution in [2.45, 2.75) is 19.4 Å². The molecular formula is C13H18BrN3O. The van der Waals surface area contributed by atoms with Crippen LogP contribution in [0.25, 0.3) is 0 Å². The van der Waals surface area contributed by atoms with Gasteiger partial charge in [0.1, 0.15) is 0 Å². The Bertz CT molecular complexity index is 464. The van der Waals surface area contributed by atoms with Crippen molar-refractivity contribution >= 4 is 33.2 Å². The quantitative estimate of drug-likeness (QED) is 0.928. The van der Waals surface area contributed by atoms with Crippen molar-refractivity contribution in [1.82, 2.24) is 0 Å². The van der Waals surface area contributed by atoms with E-state index in [1.165, 1.54) is 0 Å². The second-order valence-electron chi connectivity index (χ2n) is 4.64. The summed E-state index contributed by atoms with van der Waals surface area (Å²) < 4.78 is 1.02. The maximum Gasteiger partial charge on any atom is 0.246 e. The first-order chi connectivity index (χ1) is 8.54. The Labute approximate surface area is 116 Å². The van der Waals surface area contributed by atoms with Gasteiger partial charge in [0.15, 0.2) is 0 Å². The van der Waals surface area contributed by atoms with Gasteiger partial charge in [0.25, 0.3) is 0 Å². The summed E-state index contributed by atoms with van der Waals surface area (Å²) in [5, 5.41) is 0. The lowest BCUT2D eigenvalue weighted by Gasteiger charge is -2.39. The number of fused-ring (bicyclic) bond motifs is 1. The standard InChI is InChI=1S/C13H18BrN3O/c1-9(5-6-15)17-8-13(18)16(2)11-4-3-10(14)7-12(11)17/h3-4,7,9H,5-6,8,15H2,1-2H3. The average molecular weight is 312 g/mol. The van der Waals surface area contributed by atoms with Gasteiger partial charge in [0.2, 0.25) is 5.91 Å². The molecule has 0 spiro atoms. The van der Waals surface area contributed by atoms with E-state index in [2.05, 4.69) is 33.8 Å². The van der Waals surface area contributed by atoms with Crippen molar-refractivity contribution < 1.29 is 4.79 Å². The van der Waals surface area contributed by atoms with Crippen molar-refractivity contribution in [1.29, 1.82) is 0 Å². The van der Waals surface area contributed by atoms with Crippen LogP contribution < -0.4 is 15.5 Å². The summed E-state index contributed by atoms with van der Waals surface area (Å²) in [6, 6.07) is 6.25. The van der Waals surface area contributed by atoms with Crippen LogP contribution in [0.15, 0.2) is 22.7 Å². The second-order valence-corrected chi connectivity index (χ2v) is 5.56. The molecule has 4 nitrogen and oxygen atoms in total. The van der Waals surface area contributed by atoms with Gasteiger partial charge < -0.3 is 15.5 Å². The van der Waals surface area contributed by atoms with Crippen LogP contribution in [0.3, 0.4) is 0 Å². The number of rotatable bonds is 3. The minimum absolute atomic E-state index is 0.119. The Hall–Kier alpha value is -1.07. The lowest BCUT2D eigenvalue weighted by Crippen LogP contribution is -2.48. The third kappa shape index (κ3) is 2.37. The summed E-state index contributed by atoms with van der Waals surface area (Å²) in [5.74, 6) is 0.119. The minimum atomic E-state index is 0.119. The Morgan fingerprint density at radius 3 is 2.83 bits per heavy atom. The minimum Gasteiger partial charge on any atom is -0.358 e. The molecule has 1 aromatic rings. The zero-order chi connectivity index (χ0) is 13.3. The van der Waals surface area contributed by atoms with Gasteiger partial charge >= 0.3 is 0 Å². The van der Waals surface area contributed by atoms with Crippen molar-refractivity contribution in [3.63, 3.8) is 0 Å². The number of likely N-dealkylation sites (N-methyl/N-ethyl adjacent to an activating group) is 1. The third-order valence-corrected chi connectivity index (χ3v) is 3.90. The Balaban J connectivity index is 2.42. The van der Waals surface area contributed by atoms with Crippen LogP contribution in [0, 0.1) is 0 Å². The van der Waals surface area contributed by atoms with E-state index >= 15 is 0 Å². The molecule has 0 aliphatic carbocycles. The van der Waals surface area contributed by atoms with Gasteiger partial charge in [-0.25, -0.2) is 0 Å². The van der Waals surface area contributed by atoms with Crippen molar-refractivity contribution in [2.24, 2.45) is 5.73 Å². The molecule has 0 fully saturated rings. The van der Waals surface area contributed by atoms with E-state index in [1.807, 2.05) is 19.2 Å². The molecule has 5 heteroatoms. The molecule has 1 aromatic carbocycles. The fourth-order valence-corrected chi connectivity index (χ4v) is 2.62. The predicted molar refractivity (Wildman–Crippen MR) is 78.0 cm³/mol. The van der Waals surface area contributed by atoms with Gasteiger partial charge in [-0.2, -0.15) is 0 Å². The van der Waals surface area contributed by atoms with Crippen LogP contribution in [-0.4, -0.2) is 32.1 Å². The summed E-state index contributed by atoms with van der Waals surface area (Å²) in [6.07, 6.45) is 0.878. The van der Waals surface area contributed by atoms with E-state index in [0.717, 1.165) is 22.3 Å². The number of carbonyl (C=O) groups is 1. The number of amides is 1. The van der Waals surface area contributed by atoms with Crippen molar-refractivity contribution in [3.8, 4) is 0 Å². The summed E-state index contributed by atoms with van der Waals surface area (Å²) >= 11 is 3.49. The number of hydrogen-bond donors (Lipinski definition) is 1. The van der Waals surface area contributed by atoms with Gasteiger partial charge in [0.05, 0.1) is 17.9 Å². The molecule has 1 aliphatic rings. The monoisotopic (exact) mass is 311 g/mol. The number of anilines is 2. The van der Waals surface area contributed by atoms with E-state index in [9.17, 15) is 4.79 Å². The Kier molecular flexibility index (Phi) is 3.92. The number of hydrogen-bond acceptors (Lipinski definition) is 3. The molecular weight excluding hydrogens is 294 g/mol. The first kappa shape index (κ1) is 13.4. The highest BCUT2D eigenvalue weighted by atomic mass is 79.9. The molecule has 1 unspecified atom stereocenters. The summed E-state index contributed by atoms with van der Waals surface area (Å²) in [6.45, 7) is 3.16. The highest BCUT2D eigenvalue weighted by Gasteiger charge is 2.29. The highest BCUT2D eigenvalue weighted by Crippen LogP contribution is 2.36. The van der Waals surface area contributed by atoms with E-state index in [0.29, 0.717) is 13.1 Å². The van der Waals surface area contributed by atoms with Crippen molar-refractivity contribution in [3.05, 3.63) is 22.7 Å². The van der Waals surface area contributed by atoms with Crippen LogP contribution in [-0.2, 0) is 4.79 Å².